The first-order valence-electron chi connectivity index (χ1n) is 8.35. The minimum absolute atomic E-state index is 0.0526. The van der Waals surface area contributed by atoms with Gasteiger partial charge < -0.3 is 24.7 Å². The molecule has 0 fully saturated rings. The summed E-state index contributed by atoms with van der Waals surface area (Å²) in [6.07, 6.45) is 0.297. The van der Waals surface area contributed by atoms with Crippen molar-refractivity contribution in [1.82, 2.24) is 5.32 Å². The molecule has 0 radical (unpaired) electrons. The Labute approximate surface area is 152 Å². The summed E-state index contributed by atoms with van der Waals surface area (Å²) in [6, 6.07) is 5.09. The molecule has 1 amide bonds. The van der Waals surface area contributed by atoms with Gasteiger partial charge in [-0.05, 0) is 31.5 Å². The maximum absolute atomic E-state index is 12.7. The van der Waals surface area contributed by atoms with Crippen molar-refractivity contribution >= 4 is 17.6 Å². The van der Waals surface area contributed by atoms with Crippen LogP contribution in [0.4, 0.5) is 0 Å². The van der Waals surface area contributed by atoms with E-state index in [9.17, 15) is 14.7 Å². The number of oxime groups is 1. The number of nitrogens with zero attached hydrogens (tertiary/aromatic N) is 1. The highest BCUT2D eigenvalue weighted by molar-refractivity contribution is 6.06. The Morgan fingerprint density at radius 1 is 1.35 bits per heavy atom. The number of ether oxygens (including phenoxy) is 2. The second-order valence-electron chi connectivity index (χ2n) is 6.22. The number of carbonyl (C=O) groups is 2. The molecule has 1 heterocycles. The first kappa shape index (κ1) is 19.6. The van der Waals surface area contributed by atoms with Crippen molar-refractivity contribution in [2.24, 2.45) is 5.16 Å². The number of benzene rings is 1. The monoisotopic (exact) mass is 364 g/mol. The molecule has 1 aliphatic heterocycles. The van der Waals surface area contributed by atoms with E-state index >= 15 is 0 Å². The van der Waals surface area contributed by atoms with Crippen LogP contribution in [0.25, 0.3) is 0 Å². The highest BCUT2D eigenvalue weighted by Gasteiger charge is 2.49. The maximum Gasteiger partial charge on any atom is 0.308 e. The predicted molar refractivity (Wildman–Crippen MR) is 94.7 cm³/mol. The van der Waals surface area contributed by atoms with Crippen molar-refractivity contribution in [1.29, 1.82) is 0 Å². The third kappa shape index (κ3) is 4.07. The summed E-state index contributed by atoms with van der Waals surface area (Å²) in [5, 5.41) is 16.0. The molecule has 0 saturated carbocycles. The number of aliphatic carboxylic acids is 1. The standard InChI is InChI=1S/C18H24N2O6/c1-5-11(2)19-17(23)18(10-16(21)22)9-13(20-26-18)12-6-7-14(24-3)15(8-12)25-4/h6-8,11H,5,9-10H2,1-4H3,(H,19,23)(H,21,22). The molecule has 2 rings (SSSR count). The largest absolute Gasteiger partial charge is 0.493 e. The van der Waals surface area contributed by atoms with Crippen molar-refractivity contribution in [2.45, 2.75) is 44.8 Å². The number of amides is 1. The van der Waals surface area contributed by atoms with Crippen LogP contribution < -0.4 is 14.8 Å². The lowest BCUT2D eigenvalue weighted by Crippen LogP contribution is -2.51. The lowest BCUT2D eigenvalue weighted by Gasteiger charge is -2.25. The number of rotatable bonds is 8. The van der Waals surface area contributed by atoms with Crippen LogP contribution >= 0.6 is 0 Å². The minimum atomic E-state index is -1.56. The lowest BCUT2D eigenvalue weighted by molar-refractivity contribution is -0.156. The molecular weight excluding hydrogens is 340 g/mol. The summed E-state index contributed by atoms with van der Waals surface area (Å²) in [5.74, 6) is -0.545. The maximum atomic E-state index is 12.7. The minimum Gasteiger partial charge on any atom is -0.493 e. The molecule has 0 saturated heterocycles. The fourth-order valence-electron chi connectivity index (χ4n) is 2.65. The zero-order valence-electron chi connectivity index (χ0n) is 15.4. The van der Waals surface area contributed by atoms with Crippen LogP contribution in [0.5, 0.6) is 11.5 Å². The van der Waals surface area contributed by atoms with E-state index in [-0.39, 0.29) is 12.5 Å². The molecule has 0 aromatic heterocycles. The zero-order chi connectivity index (χ0) is 19.3. The summed E-state index contributed by atoms with van der Waals surface area (Å²) >= 11 is 0. The van der Waals surface area contributed by atoms with E-state index in [0.29, 0.717) is 22.8 Å². The van der Waals surface area contributed by atoms with Crippen molar-refractivity contribution < 1.29 is 29.0 Å². The predicted octanol–water partition coefficient (Wildman–Crippen LogP) is 1.96. The van der Waals surface area contributed by atoms with Crippen molar-refractivity contribution in [2.75, 3.05) is 14.2 Å². The smallest absolute Gasteiger partial charge is 0.308 e. The Morgan fingerprint density at radius 2 is 2.04 bits per heavy atom. The molecule has 2 unspecified atom stereocenters. The summed E-state index contributed by atoms with van der Waals surface area (Å²) in [4.78, 5) is 29.3. The van der Waals surface area contributed by atoms with Gasteiger partial charge in [-0.3, -0.25) is 9.59 Å². The summed E-state index contributed by atoms with van der Waals surface area (Å²) in [7, 11) is 3.05. The second kappa shape index (κ2) is 8.07. The fraction of sp³-hybridized carbons (Fsp3) is 0.500. The first-order valence-corrected chi connectivity index (χ1v) is 8.35. The summed E-state index contributed by atoms with van der Waals surface area (Å²) < 4.78 is 10.5. The van der Waals surface area contributed by atoms with Gasteiger partial charge in [-0.1, -0.05) is 12.1 Å². The van der Waals surface area contributed by atoms with Gasteiger partial charge in [0.25, 0.3) is 5.91 Å². The third-order valence-electron chi connectivity index (χ3n) is 4.34. The van der Waals surface area contributed by atoms with Crippen LogP contribution in [-0.4, -0.2) is 48.6 Å². The Kier molecular flexibility index (Phi) is 6.07. The van der Waals surface area contributed by atoms with Crippen LogP contribution in [0.2, 0.25) is 0 Å². The molecule has 2 atom stereocenters. The molecule has 1 aliphatic rings. The third-order valence-corrected chi connectivity index (χ3v) is 4.34. The van der Waals surface area contributed by atoms with Crippen LogP contribution in [0.1, 0.15) is 38.7 Å². The highest BCUT2D eigenvalue weighted by Crippen LogP contribution is 2.34. The summed E-state index contributed by atoms with van der Waals surface area (Å²) in [5.41, 5.74) is -0.407. The average molecular weight is 364 g/mol. The Morgan fingerprint density at radius 3 is 2.62 bits per heavy atom. The van der Waals surface area contributed by atoms with Gasteiger partial charge in [0.2, 0.25) is 5.60 Å². The van der Waals surface area contributed by atoms with Gasteiger partial charge in [0.15, 0.2) is 11.5 Å². The Balaban J connectivity index is 2.27. The number of hydrogen-bond donors (Lipinski definition) is 2. The second-order valence-corrected chi connectivity index (χ2v) is 6.22. The topological polar surface area (TPSA) is 106 Å². The van der Waals surface area contributed by atoms with Gasteiger partial charge in [-0.25, -0.2) is 0 Å². The molecule has 1 aromatic carbocycles. The molecule has 0 bridgehead atoms. The molecular formula is C18H24N2O6. The number of hydrogen-bond acceptors (Lipinski definition) is 6. The number of nitrogens with one attached hydrogen (secondary N) is 1. The first-order chi connectivity index (χ1) is 12.3. The van der Waals surface area contributed by atoms with Gasteiger partial charge in [0.05, 0.1) is 26.4 Å². The molecule has 26 heavy (non-hydrogen) atoms. The van der Waals surface area contributed by atoms with Gasteiger partial charge in [0.1, 0.15) is 0 Å². The van der Waals surface area contributed by atoms with E-state index < -0.39 is 23.9 Å². The number of carboxylic acid groups (broad SMARTS) is 1. The molecule has 8 heteroatoms. The SMILES string of the molecule is CCC(C)NC(=O)C1(CC(=O)O)CC(c2ccc(OC)c(OC)c2)=NO1. The van der Waals surface area contributed by atoms with E-state index in [1.54, 1.807) is 18.2 Å². The van der Waals surface area contributed by atoms with Crippen molar-refractivity contribution in [3.05, 3.63) is 23.8 Å². The molecule has 2 N–H and O–H groups in total. The van der Waals surface area contributed by atoms with E-state index in [2.05, 4.69) is 10.5 Å². The normalized spacial score (nSPS) is 19.9. The van der Waals surface area contributed by atoms with E-state index in [4.69, 9.17) is 14.3 Å². The van der Waals surface area contributed by atoms with Crippen molar-refractivity contribution in [3.8, 4) is 11.5 Å². The van der Waals surface area contributed by atoms with Gasteiger partial charge in [0, 0.05) is 18.0 Å². The molecule has 0 spiro atoms. The van der Waals surface area contributed by atoms with Gasteiger partial charge in [-0.15, -0.1) is 0 Å². The number of methoxy groups -OCH3 is 2. The van der Waals surface area contributed by atoms with Crippen LogP contribution in [0, 0.1) is 0 Å². The fourth-order valence-corrected chi connectivity index (χ4v) is 2.65. The molecule has 1 aromatic rings. The summed E-state index contributed by atoms with van der Waals surface area (Å²) in [6.45, 7) is 3.77. The van der Waals surface area contributed by atoms with Crippen LogP contribution in [0.15, 0.2) is 23.4 Å². The van der Waals surface area contributed by atoms with E-state index in [0.717, 1.165) is 6.42 Å². The van der Waals surface area contributed by atoms with E-state index in [1.807, 2.05) is 13.8 Å². The quantitative estimate of drug-likeness (QED) is 0.730. The number of carbonyl (C=O) groups excluding carboxylic acids is 1. The molecule has 8 nitrogen and oxygen atoms in total. The zero-order valence-corrected chi connectivity index (χ0v) is 15.4. The van der Waals surface area contributed by atoms with Gasteiger partial charge >= 0.3 is 5.97 Å². The van der Waals surface area contributed by atoms with Crippen LogP contribution in [0.3, 0.4) is 0 Å². The molecule has 0 aliphatic carbocycles. The highest BCUT2D eigenvalue weighted by atomic mass is 16.7. The van der Waals surface area contributed by atoms with Crippen molar-refractivity contribution in [3.63, 3.8) is 0 Å². The Hall–Kier alpha value is -2.77. The average Bonchev–Trinajstić information content (AvgIpc) is 3.05. The number of carboxylic acids is 1. The molecule has 142 valence electrons. The van der Waals surface area contributed by atoms with Crippen LogP contribution in [-0.2, 0) is 14.4 Å². The Bertz CT molecular complexity index is 718. The lowest BCUT2D eigenvalue weighted by atomic mass is 9.89. The van der Waals surface area contributed by atoms with E-state index in [1.165, 1.54) is 14.2 Å². The van der Waals surface area contributed by atoms with Gasteiger partial charge in [-0.2, -0.15) is 0 Å².